The molecule has 0 fully saturated rings. The van der Waals surface area contributed by atoms with Gasteiger partial charge >= 0.3 is 11.0 Å². The van der Waals surface area contributed by atoms with Gasteiger partial charge in [-0.05, 0) is 47.6 Å². The zero-order valence-electron chi connectivity index (χ0n) is 18.6. The van der Waals surface area contributed by atoms with Crippen LogP contribution in [0.2, 0.25) is 0 Å². The molecule has 0 amide bonds. The molecule has 1 aliphatic rings. The van der Waals surface area contributed by atoms with E-state index in [1.807, 2.05) is 18.2 Å². The molecule has 4 aromatic rings. The number of carbonyl (C=O) groups excluding carboxylic acids is 1. The van der Waals surface area contributed by atoms with Crippen LogP contribution in [0.15, 0.2) is 48.5 Å². The molecular weight excluding hydrogens is 472 g/mol. The second-order valence-electron chi connectivity index (χ2n) is 7.68. The van der Waals surface area contributed by atoms with Gasteiger partial charge in [0.25, 0.3) is 0 Å². The summed E-state index contributed by atoms with van der Waals surface area (Å²) in [6.07, 6.45) is 0.678. The van der Waals surface area contributed by atoms with E-state index in [0.29, 0.717) is 59.2 Å². The van der Waals surface area contributed by atoms with Gasteiger partial charge in [-0.25, -0.2) is 14.8 Å². The lowest BCUT2D eigenvalue weighted by Crippen LogP contribution is -2.15. The van der Waals surface area contributed by atoms with Crippen molar-refractivity contribution in [2.75, 3.05) is 32.2 Å². The summed E-state index contributed by atoms with van der Waals surface area (Å²) >= 11 is 0.991. The topological polar surface area (TPSA) is 126 Å². The van der Waals surface area contributed by atoms with E-state index >= 15 is 0 Å². The number of nitro groups is 1. The summed E-state index contributed by atoms with van der Waals surface area (Å²) in [5.74, 6) is 1.92. The molecule has 178 valence electrons. The SMILES string of the molecule is COC(=O)c1ccc(-c2nc(NCCc3ccc4c(c3)OCCO4)c3cc([N+](=O)[O-])sc3n2)cc1. The summed E-state index contributed by atoms with van der Waals surface area (Å²) in [5.41, 5.74) is 2.13. The number of anilines is 1. The molecule has 0 aliphatic carbocycles. The van der Waals surface area contributed by atoms with Gasteiger partial charge in [0.2, 0.25) is 0 Å². The standard InChI is InChI=1S/C24H20N4O6S/c1-32-24(29)16-5-3-15(4-6-16)21-26-22(17-13-20(28(30)31)35-23(17)27-21)25-9-8-14-2-7-18-19(12-14)34-11-10-33-18/h2-7,12-13H,8-11H2,1H3,(H,25,26,27). The fourth-order valence-electron chi connectivity index (χ4n) is 3.70. The summed E-state index contributed by atoms with van der Waals surface area (Å²) in [6.45, 7) is 1.60. The Hall–Kier alpha value is -4.25. The lowest BCUT2D eigenvalue weighted by molar-refractivity contribution is -0.380. The van der Waals surface area contributed by atoms with E-state index in [4.69, 9.17) is 14.2 Å². The number of rotatable bonds is 7. The van der Waals surface area contributed by atoms with Gasteiger partial charge in [-0.3, -0.25) is 10.1 Å². The first-order valence-electron chi connectivity index (χ1n) is 10.8. The monoisotopic (exact) mass is 492 g/mol. The maximum atomic E-state index is 11.7. The Bertz CT molecular complexity index is 1420. The number of esters is 1. The molecule has 10 nitrogen and oxygen atoms in total. The van der Waals surface area contributed by atoms with Crippen LogP contribution in [0.3, 0.4) is 0 Å². The number of methoxy groups -OCH3 is 1. The number of thiophene rings is 1. The Labute approximate surface area is 203 Å². The normalized spacial score (nSPS) is 12.4. The molecule has 5 rings (SSSR count). The molecule has 11 heteroatoms. The van der Waals surface area contributed by atoms with Crippen LogP contribution in [0.25, 0.3) is 21.6 Å². The number of aromatic nitrogens is 2. The quantitative estimate of drug-likeness (QED) is 0.226. The lowest BCUT2D eigenvalue weighted by Gasteiger charge is -2.19. The van der Waals surface area contributed by atoms with Crippen LogP contribution >= 0.6 is 11.3 Å². The Balaban J connectivity index is 1.42. The number of ether oxygens (including phenoxy) is 3. The van der Waals surface area contributed by atoms with Gasteiger partial charge in [0.05, 0.1) is 23.0 Å². The van der Waals surface area contributed by atoms with Crippen LogP contribution in [0.4, 0.5) is 10.8 Å². The Morgan fingerprint density at radius 3 is 2.63 bits per heavy atom. The average molecular weight is 493 g/mol. The average Bonchev–Trinajstić information content (AvgIpc) is 3.33. The summed E-state index contributed by atoms with van der Waals surface area (Å²) in [4.78, 5) is 32.3. The smallest absolute Gasteiger partial charge is 0.337 e. The molecule has 0 spiro atoms. The molecule has 2 aromatic carbocycles. The zero-order chi connectivity index (χ0) is 24.4. The number of hydrogen-bond acceptors (Lipinski definition) is 10. The third-order valence-corrected chi connectivity index (χ3v) is 6.42. The number of fused-ring (bicyclic) bond motifs is 2. The maximum Gasteiger partial charge on any atom is 0.337 e. The number of carbonyl (C=O) groups is 1. The van der Waals surface area contributed by atoms with Crippen LogP contribution in [0, 0.1) is 10.1 Å². The van der Waals surface area contributed by atoms with Crippen LogP contribution in [0.5, 0.6) is 11.5 Å². The van der Waals surface area contributed by atoms with Crippen LogP contribution < -0.4 is 14.8 Å². The van der Waals surface area contributed by atoms with Crippen LogP contribution in [-0.2, 0) is 11.2 Å². The van der Waals surface area contributed by atoms with Crippen LogP contribution in [0.1, 0.15) is 15.9 Å². The second kappa shape index (κ2) is 9.55. The molecule has 0 unspecified atom stereocenters. The molecule has 0 bridgehead atoms. The van der Waals surface area contributed by atoms with Crippen molar-refractivity contribution in [3.05, 3.63) is 69.8 Å². The van der Waals surface area contributed by atoms with E-state index in [1.165, 1.54) is 13.2 Å². The van der Waals surface area contributed by atoms with Gasteiger partial charge in [-0.1, -0.05) is 18.2 Å². The predicted molar refractivity (Wildman–Crippen MR) is 130 cm³/mol. The minimum atomic E-state index is -0.441. The highest BCUT2D eigenvalue weighted by atomic mass is 32.1. The van der Waals surface area contributed by atoms with Gasteiger partial charge < -0.3 is 19.5 Å². The first kappa shape index (κ1) is 22.5. The number of nitrogens with zero attached hydrogens (tertiary/aromatic N) is 3. The van der Waals surface area contributed by atoms with Crippen molar-refractivity contribution in [3.8, 4) is 22.9 Å². The molecule has 1 N–H and O–H groups in total. The predicted octanol–water partition coefficient (Wildman–Crippen LogP) is 4.48. The molecule has 2 aromatic heterocycles. The lowest BCUT2D eigenvalue weighted by atomic mass is 10.1. The fraction of sp³-hybridized carbons (Fsp3) is 0.208. The highest BCUT2D eigenvalue weighted by molar-refractivity contribution is 7.21. The Kier molecular flexibility index (Phi) is 6.15. The third kappa shape index (κ3) is 4.71. The maximum absolute atomic E-state index is 11.7. The summed E-state index contributed by atoms with van der Waals surface area (Å²) < 4.78 is 16.0. The summed E-state index contributed by atoms with van der Waals surface area (Å²) in [7, 11) is 1.32. The first-order valence-corrected chi connectivity index (χ1v) is 11.6. The minimum absolute atomic E-state index is 0.0117. The molecule has 35 heavy (non-hydrogen) atoms. The summed E-state index contributed by atoms with van der Waals surface area (Å²) in [5, 5.41) is 15.2. The first-order chi connectivity index (χ1) is 17.0. The van der Waals surface area contributed by atoms with E-state index in [2.05, 4.69) is 15.3 Å². The van der Waals surface area contributed by atoms with Gasteiger partial charge in [0, 0.05) is 18.2 Å². The van der Waals surface area contributed by atoms with E-state index in [9.17, 15) is 14.9 Å². The number of hydrogen-bond donors (Lipinski definition) is 1. The van der Waals surface area contributed by atoms with E-state index in [-0.39, 0.29) is 5.00 Å². The zero-order valence-corrected chi connectivity index (χ0v) is 19.5. The van der Waals surface area contributed by atoms with Gasteiger partial charge in [-0.15, -0.1) is 0 Å². The van der Waals surface area contributed by atoms with Gasteiger partial charge in [0.15, 0.2) is 17.3 Å². The highest BCUT2D eigenvalue weighted by Crippen LogP contribution is 2.35. The van der Waals surface area contributed by atoms with Crippen molar-refractivity contribution >= 4 is 38.3 Å². The highest BCUT2D eigenvalue weighted by Gasteiger charge is 2.19. The molecule has 1 aliphatic heterocycles. The Morgan fingerprint density at radius 1 is 1.11 bits per heavy atom. The van der Waals surface area contributed by atoms with Crippen molar-refractivity contribution in [2.24, 2.45) is 0 Å². The Morgan fingerprint density at radius 2 is 1.89 bits per heavy atom. The molecule has 0 atom stereocenters. The molecular formula is C24H20N4O6S. The largest absolute Gasteiger partial charge is 0.486 e. The number of benzene rings is 2. The van der Waals surface area contributed by atoms with Crippen molar-refractivity contribution in [3.63, 3.8) is 0 Å². The van der Waals surface area contributed by atoms with Crippen molar-refractivity contribution in [1.29, 1.82) is 0 Å². The fourth-order valence-corrected chi connectivity index (χ4v) is 4.55. The molecule has 3 heterocycles. The van der Waals surface area contributed by atoms with Crippen molar-refractivity contribution < 1.29 is 23.9 Å². The molecule has 0 saturated carbocycles. The minimum Gasteiger partial charge on any atom is -0.486 e. The molecule has 0 radical (unpaired) electrons. The third-order valence-electron chi connectivity index (χ3n) is 5.44. The molecule has 0 saturated heterocycles. The van der Waals surface area contributed by atoms with Gasteiger partial charge in [0.1, 0.15) is 23.9 Å². The van der Waals surface area contributed by atoms with E-state index in [1.54, 1.807) is 24.3 Å². The number of nitrogens with one attached hydrogen (secondary N) is 1. The van der Waals surface area contributed by atoms with E-state index in [0.717, 1.165) is 28.4 Å². The van der Waals surface area contributed by atoms with Crippen molar-refractivity contribution in [2.45, 2.75) is 6.42 Å². The van der Waals surface area contributed by atoms with Gasteiger partial charge in [-0.2, -0.15) is 0 Å². The van der Waals surface area contributed by atoms with Crippen molar-refractivity contribution in [1.82, 2.24) is 9.97 Å². The summed E-state index contributed by atoms with van der Waals surface area (Å²) in [6, 6.07) is 14.0. The second-order valence-corrected chi connectivity index (χ2v) is 8.69. The van der Waals surface area contributed by atoms with Crippen LogP contribution in [-0.4, -0.2) is 47.7 Å². The van der Waals surface area contributed by atoms with E-state index < -0.39 is 10.9 Å².